The van der Waals surface area contributed by atoms with Gasteiger partial charge in [-0.05, 0) is 30.5 Å². The minimum Gasteiger partial charge on any atom is -0.443 e. The van der Waals surface area contributed by atoms with Crippen LogP contribution in [0.15, 0.2) is 44.8 Å². The average molecular weight is 420 g/mol. The van der Waals surface area contributed by atoms with E-state index in [0.717, 1.165) is 24.2 Å². The molecule has 0 aliphatic heterocycles. The molecule has 0 saturated heterocycles. The van der Waals surface area contributed by atoms with Gasteiger partial charge in [0.05, 0.1) is 17.6 Å². The Labute approximate surface area is 172 Å². The number of hydrogen-bond donors (Lipinski definition) is 3. The highest BCUT2D eigenvalue weighted by molar-refractivity contribution is 7.89. The number of aliphatic imine (C=N–C) groups is 1. The molecular weight excluding hydrogens is 390 g/mol. The zero-order chi connectivity index (χ0) is 21.1. The third-order valence-corrected chi connectivity index (χ3v) is 6.05. The van der Waals surface area contributed by atoms with Gasteiger partial charge in [-0.2, -0.15) is 0 Å². The second-order valence-corrected chi connectivity index (χ2v) is 9.90. The summed E-state index contributed by atoms with van der Waals surface area (Å²) in [4.78, 5) is 8.77. The maximum Gasteiger partial charge on any atom is 0.240 e. The molecule has 0 radical (unpaired) electrons. The molecule has 2 aromatic rings. The fourth-order valence-electron chi connectivity index (χ4n) is 2.58. The highest BCUT2D eigenvalue weighted by Gasteiger charge is 2.27. The van der Waals surface area contributed by atoms with Gasteiger partial charge < -0.3 is 15.1 Å². The molecule has 1 fully saturated rings. The van der Waals surface area contributed by atoms with Crippen molar-refractivity contribution < 1.29 is 12.8 Å². The van der Waals surface area contributed by atoms with E-state index in [1.54, 1.807) is 37.5 Å². The number of hydrogen-bond acceptors (Lipinski definition) is 5. The molecule has 1 aliphatic carbocycles. The predicted molar refractivity (Wildman–Crippen MR) is 112 cm³/mol. The summed E-state index contributed by atoms with van der Waals surface area (Å²) in [5.74, 6) is 2.03. The summed E-state index contributed by atoms with van der Waals surface area (Å²) < 4.78 is 32.9. The molecule has 0 amide bonds. The lowest BCUT2D eigenvalue weighted by atomic mass is 9.94. The molecule has 1 saturated carbocycles. The van der Waals surface area contributed by atoms with E-state index in [1.807, 2.05) is 0 Å². The third kappa shape index (κ3) is 6.04. The van der Waals surface area contributed by atoms with E-state index in [4.69, 9.17) is 4.42 Å². The number of nitrogens with zero attached hydrogens (tertiary/aromatic N) is 2. The molecule has 0 bridgehead atoms. The molecule has 1 aliphatic rings. The van der Waals surface area contributed by atoms with Crippen LogP contribution < -0.4 is 15.4 Å². The molecule has 3 rings (SSSR count). The second kappa shape index (κ2) is 8.54. The summed E-state index contributed by atoms with van der Waals surface area (Å²) in [5.41, 5.74) is 0.864. The highest BCUT2D eigenvalue weighted by atomic mass is 32.2. The van der Waals surface area contributed by atoms with Crippen LogP contribution in [0.25, 0.3) is 0 Å². The predicted octanol–water partition coefficient (Wildman–Crippen LogP) is 2.28. The topological polar surface area (TPSA) is 109 Å². The van der Waals surface area contributed by atoms with E-state index in [9.17, 15) is 8.42 Å². The fourth-order valence-corrected chi connectivity index (χ4v) is 3.88. The summed E-state index contributed by atoms with van der Waals surface area (Å²) in [6.07, 6.45) is 3.58. The summed E-state index contributed by atoms with van der Waals surface area (Å²) in [6.45, 7) is 7.14. The lowest BCUT2D eigenvalue weighted by molar-refractivity contribution is 0.379. The molecule has 0 spiro atoms. The molecule has 1 aromatic heterocycles. The molecule has 29 heavy (non-hydrogen) atoms. The van der Waals surface area contributed by atoms with Crippen LogP contribution in [0.2, 0.25) is 0 Å². The van der Waals surface area contributed by atoms with Gasteiger partial charge in [0.1, 0.15) is 5.76 Å². The Bertz CT molecular complexity index is 955. The van der Waals surface area contributed by atoms with Crippen molar-refractivity contribution in [2.24, 2.45) is 4.99 Å². The van der Waals surface area contributed by atoms with Crippen molar-refractivity contribution in [2.75, 3.05) is 7.05 Å². The van der Waals surface area contributed by atoms with Crippen LogP contribution in [0.3, 0.4) is 0 Å². The van der Waals surface area contributed by atoms with Crippen molar-refractivity contribution >= 4 is 16.0 Å². The zero-order valence-corrected chi connectivity index (χ0v) is 18.1. The van der Waals surface area contributed by atoms with Crippen LogP contribution in [0.4, 0.5) is 0 Å². The number of sulfonamides is 1. The molecule has 158 valence electrons. The van der Waals surface area contributed by atoms with Gasteiger partial charge in [-0.15, -0.1) is 0 Å². The molecule has 1 heterocycles. The largest absolute Gasteiger partial charge is 0.443 e. The van der Waals surface area contributed by atoms with E-state index in [0.29, 0.717) is 24.9 Å². The van der Waals surface area contributed by atoms with Crippen LogP contribution in [0.1, 0.15) is 50.8 Å². The SMILES string of the molecule is CN=C(NCc1ccc(S(=O)(=O)NC2CC2)cc1)NCc1ncc(C(C)(C)C)o1. The molecule has 8 nitrogen and oxygen atoms in total. The van der Waals surface area contributed by atoms with Crippen molar-refractivity contribution in [1.82, 2.24) is 20.3 Å². The number of rotatable bonds is 7. The number of benzene rings is 1. The van der Waals surface area contributed by atoms with Gasteiger partial charge in [-0.3, -0.25) is 4.99 Å². The first kappa shape index (κ1) is 21.3. The minimum atomic E-state index is -3.42. The van der Waals surface area contributed by atoms with E-state index in [-0.39, 0.29) is 16.4 Å². The van der Waals surface area contributed by atoms with Crippen molar-refractivity contribution in [3.8, 4) is 0 Å². The van der Waals surface area contributed by atoms with Crippen LogP contribution in [0, 0.1) is 0 Å². The lowest BCUT2D eigenvalue weighted by Gasteiger charge is -2.13. The van der Waals surface area contributed by atoms with Gasteiger partial charge in [0, 0.05) is 25.0 Å². The molecule has 0 unspecified atom stereocenters. The second-order valence-electron chi connectivity index (χ2n) is 8.19. The first-order valence-corrected chi connectivity index (χ1v) is 11.2. The average Bonchev–Trinajstić information content (AvgIpc) is 3.32. The third-order valence-electron chi connectivity index (χ3n) is 4.52. The highest BCUT2D eigenvalue weighted by Crippen LogP contribution is 2.23. The van der Waals surface area contributed by atoms with Gasteiger partial charge in [0.15, 0.2) is 5.96 Å². The van der Waals surface area contributed by atoms with Gasteiger partial charge in [-0.25, -0.2) is 18.1 Å². The van der Waals surface area contributed by atoms with Crippen molar-refractivity contribution in [3.05, 3.63) is 47.7 Å². The van der Waals surface area contributed by atoms with E-state index >= 15 is 0 Å². The first-order chi connectivity index (χ1) is 13.7. The van der Waals surface area contributed by atoms with Crippen LogP contribution in [0.5, 0.6) is 0 Å². The summed E-state index contributed by atoms with van der Waals surface area (Å²) in [7, 11) is -1.74. The Morgan fingerprint density at radius 2 is 1.83 bits per heavy atom. The van der Waals surface area contributed by atoms with Crippen LogP contribution in [-0.4, -0.2) is 32.5 Å². The maximum atomic E-state index is 12.2. The molecular formula is C20H29N5O3S. The van der Waals surface area contributed by atoms with E-state index in [2.05, 4.69) is 46.1 Å². The van der Waals surface area contributed by atoms with Crippen LogP contribution in [-0.2, 0) is 28.5 Å². The molecule has 3 N–H and O–H groups in total. The monoisotopic (exact) mass is 419 g/mol. The van der Waals surface area contributed by atoms with Gasteiger partial charge in [0.2, 0.25) is 15.9 Å². The van der Waals surface area contributed by atoms with Crippen LogP contribution >= 0.6 is 0 Å². The standard InChI is InChI=1S/C20H29N5O3S/c1-20(2,3)17-12-22-18(28-17)13-24-19(21-4)23-11-14-5-9-16(10-6-14)29(26,27)25-15-7-8-15/h5-6,9-10,12,15,25H,7-8,11,13H2,1-4H3,(H2,21,23,24). The number of guanidine groups is 1. The fraction of sp³-hybridized carbons (Fsp3) is 0.500. The summed E-state index contributed by atoms with van der Waals surface area (Å²) in [5, 5.41) is 6.36. The van der Waals surface area contributed by atoms with Crippen molar-refractivity contribution in [2.45, 2.75) is 63.1 Å². The Balaban J connectivity index is 1.51. The molecule has 9 heteroatoms. The van der Waals surface area contributed by atoms with Crippen molar-refractivity contribution in [3.63, 3.8) is 0 Å². The smallest absolute Gasteiger partial charge is 0.240 e. The normalized spacial score (nSPS) is 15.4. The minimum absolute atomic E-state index is 0.0843. The summed E-state index contributed by atoms with van der Waals surface area (Å²) in [6, 6.07) is 6.94. The van der Waals surface area contributed by atoms with Gasteiger partial charge in [-0.1, -0.05) is 32.9 Å². The van der Waals surface area contributed by atoms with Gasteiger partial charge >= 0.3 is 0 Å². The first-order valence-electron chi connectivity index (χ1n) is 9.68. The number of nitrogens with one attached hydrogen (secondary N) is 3. The van der Waals surface area contributed by atoms with E-state index < -0.39 is 10.0 Å². The Morgan fingerprint density at radius 1 is 1.17 bits per heavy atom. The molecule has 0 atom stereocenters. The number of oxazole rings is 1. The van der Waals surface area contributed by atoms with Gasteiger partial charge in [0.25, 0.3) is 0 Å². The zero-order valence-electron chi connectivity index (χ0n) is 17.3. The summed E-state index contributed by atoms with van der Waals surface area (Å²) >= 11 is 0. The Morgan fingerprint density at radius 3 is 2.38 bits per heavy atom. The van der Waals surface area contributed by atoms with Crippen molar-refractivity contribution in [1.29, 1.82) is 0 Å². The quantitative estimate of drug-likeness (QED) is 0.469. The Hall–Kier alpha value is -2.39. The lowest BCUT2D eigenvalue weighted by Crippen LogP contribution is -2.36. The maximum absolute atomic E-state index is 12.2. The number of aromatic nitrogens is 1. The van der Waals surface area contributed by atoms with E-state index in [1.165, 1.54) is 0 Å². The Kier molecular flexibility index (Phi) is 6.28. The molecule has 1 aromatic carbocycles.